The molecule has 8 heteroatoms. The number of hydrogen-bond donors (Lipinski definition) is 1. The topological polar surface area (TPSA) is 59.0 Å². The van der Waals surface area contributed by atoms with Crippen LogP contribution in [0.3, 0.4) is 0 Å². The van der Waals surface area contributed by atoms with Crippen LogP contribution in [0.2, 0.25) is 0 Å². The van der Waals surface area contributed by atoms with Gasteiger partial charge in [-0.3, -0.25) is 10.1 Å². The molecule has 0 aliphatic heterocycles. The third-order valence-corrected chi connectivity index (χ3v) is 4.96. The number of aromatic nitrogens is 1. The van der Waals surface area contributed by atoms with Gasteiger partial charge in [0.05, 0.1) is 4.92 Å². The fourth-order valence-electron chi connectivity index (χ4n) is 2.42. The van der Waals surface area contributed by atoms with Crippen molar-refractivity contribution in [2.45, 2.75) is 6.54 Å². The van der Waals surface area contributed by atoms with E-state index in [0.717, 1.165) is 26.5 Å². The van der Waals surface area contributed by atoms with E-state index in [0.29, 0.717) is 6.54 Å². The lowest BCUT2D eigenvalue weighted by Crippen LogP contribution is -3.00. The molecule has 3 rings (SSSR count). The second kappa shape index (κ2) is 9.07. The van der Waals surface area contributed by atoms with Gasteiger partial charge in [-0.15, -0.1) is 0 Å². The molecule has 0 radical (unpaired) electrons. The van der Waals surface area contributed by atoms with Crippen LogP contribution < -0.4 is 26.9 Å². The molecule has 0 aliphatic rings. The van der Waals surface area contributed by atoms with Crippen LogP contribution in [-0.2, 0) is 6.54 Å². The number of hydrogen-bond acceptors (Lipinski definition) is 4. The van der Waals surface area contributed by atoms with E-state index in [1.54, 1.807) is 23.5 Å². The lowest BCUT2D eigenvalue weighted by molar-refractivity contribution is -0.657. The summed E-state index contributed by atoms with van der Waals surface area (Å²) in [4.78, 5) is 10.4. The molecule has 1 aromatic heterocycles. The van der Waals surface area contributed by atoms with E-state index >= 15 is 0 Å². The average molecular weight is 497 g/mol. The summed E-state index contributed by atoms with van der Waals surface area (Å²) in [6, 6.07) is 14.5. The Kier molecular flexibility index (Phi) is 7.07. The highest BCUT2D eigenvalue weighted by Crippen LogP contribution is 2.27. The second-order valence-corrected chi connectivity index (χ2v) is 7.04. The van der Waals surface area contributed by atoms with Crippen molar-refractivity contribution in [2.24, 2.45) is 0 Å². The second-order valence-electron chi connectivity index (χ2n) is 5.26. The van der Waals surface area contributed by atoms with Gasteiger partial charge in [-0.25, -0.2) is 9.88 Å². The molecule has 0 bridgehead atoms. The lowest BCUT2D eigenvalue weighted by Gasteiger charge is -2.04. The van der Waals surface area contributed by atoms with Crippen LogP contribution in [0.15, 0.2) is 71.0 Å². The number of nitrogens with one attached hydrogen (secondary N) is 1. The Balaban J connectivity index is 0.00000243. The van der Waals surface area contributed by atoms with Gasteiger partial charge in [-0.05, 0) is 30.3 Å². The number of anilines is 2. The Morgan fingerprint density at radius 3 is 2.62 bits per heavy atom. The first-order valence-corrected chi connectivity index (χ1v) is 9.15. The minimum absolute atomic E-state index is 0. The Hall–Kier alpha value is -2.03. The first-order valence-electron chi connectivity index (χ1n) is 7.48. The number of halogens is 2. The zero-order valence-electron chi connectivity index (χ0n) is 13.6. The van der Waals surface area contributed by atoms with Gasteiger partial charge in [0.25, 0.3) is 5.69 Å². The Bertz CT molecular complexity index is 926. The summed E-state index contributed by atoms with van der Waals surface area (Å²) in [5, 5.41) is 17.2. The molecule has 5 nitrogen and oxygen atoms in total. The maximum absolute atomic E-state index is 10.8. The summed E-state index contributed by atoms with van der Waals surface area (Å²) in [7, 11) is 0. The van der Waals surface area contributed by atoms with Gasteiger partial charge >= 0.3 is 5.13 Å². The molecule has 1 N–H and O–H groups in total. The van der Waals surface area contributed by atoms with Gasteiger partial charge in [0.2, 0.25) is 0 Å². The van der Waals surface area contributed by atoms with Crippen LogP contribution in [0.5, 0.6) is 0 Å². The highest BCUT2D eigenvalue weighted by atomic mass is 79.9. The first kappa shape index (κ1) is 20.3. The van der Waals surface area contributed by atoms with E-state index in [1.165, 1.54) is 12.1 Å². The monoisotopic (exact) mass is 495 g/mol. The van der Waals surface area contributed by atoms with Crippen LogP contribution in [0.4, 0.5) is 16.5 Å². The number of nitro groups is 1. The van der Waals surface area contributed by atoms with Crippen molar-refractivity contribution >= 4 is 43.8 Å². The minimum Gasteiger partial charge on any atom is -1.00 e. The summed E-state index contributed by atoms with van der Waals surface area (Å²) < 4.78 is 3.10. The maximum Gasteiger partial charge on any atom is 0.339 e. The number of rotatable bonds is 6. The molecule has 0 saturated carbocycles. The quantitative estimate of drug-likeness (QED) is 0.246. The van der Waals surface area contributed by atoms with Crippen molar-refractivity contribution in [1.29, 1.82) is 0 Å². The van der Waals surface area contributed by atoms with E-state index in [1.807, 2.05) is 35.7 Å². The summed E-state index contributed by atoms with van der Waals surface area (Å²) in [5.41, 5.74) is 2.97. The largest absolute Gasteiger partial charge is 1.00 e. The Labute approximate surface area is 174 Å². The Morgan fingerprint density at radius 1 is 1.27 bits per heavy atom. The third-order valence-electron chi connectivity index (χ3n) is 3.58. The number of nitro benzene ring substituents is 1. The zero-order valence-corrected chi connectivity index (χ0v) is 17.6. The van der Waals surface area contributed by atoms with E-state index in [-0.39, 0.29) is 22.7 Å². The van der Waals surface area contributed by atoms with Crippen molar-refractivity contribution < 1.29 is 26.5 Å². The van der Waals surface area contributed by atoms with Crippen molar-refractivity contribution in [2.75, 3.05) is 5.32 Å². The lowest BCUT2D eigenvalue weighted by atomic mass is 10.1. The molecule has 0 saturated heterocycles. The number of non-ortho nitro benzene ring substituents is 1. The average Bonchev–Trinajstić information content (AvgIpc) is 2.98. The highest BCUT2D eigenvalue weighted by Gasteiger charge is 2.19. The molecule has 26 heavy (non-hydrogen) atoms. The summed E-state index contributed by atoms with van der Waals surface area (Å²) >= 11 is 5.05. The van der Waals surface area contributed by atoms with Gasteiger partial charge in [-0.1, -0.05) is 46.0 Å². The van der Waals surface area contributed by atoms with E-state index in [4.69, 9.17) is 0 Å². The molecule has 0 fully saturated rings. The molecular formula is C18H15Br2N3O2S. The van der Waals surface area contributed by atoms with Crippen LogP contribution in [0, 0.1) is 10.1 Å². The minimum atomic E-state index is -0.393. The van der Waals surface area contributed by atoms with Gasteiger partial charge in [0, 0.05) is 27.5 Å². The molecule has 0 amide bonds. The van der Waals surface area contributed by atoms with Gasteiger partial charge < -0.3 is 17.0 Å². The van der Waals surface area contributed by atoms with Gasteiger partial charge in [0.1, 0.15) is 17.9 Å². The maximum atomic E-state index is 10.8. The van der Waals surface area contributed by atoms with Crippen molar-refractivity contribution in [3.63, 3.8) is 0 Å². The predicted molar refractivity (Wildman–Crippen MR) is 104 cm³/mol. The molecule has 0 atom stereocenters. The van der Waals surface area contributed by atoms with Crippen LogP contribution in [0.25, 0.3) is 11.3 Å². The van der Waals surface area contributed by atoms with E-state index in [2.05, 4.69) is 32.4 Å². The van der Waals surface area contributed by atoms with Crippen molar-refractivity contribution in [3.8, 4) is 11.3 Å². The molecule has 1 heterocycles. The Morgan fingerprint density at radius 2 is 2.00 bits per heavy atom. The fraction of sp³-hybridized carbons (Fsp3) is 0.0556. The highest BCUT2D eigenvalue weighted by molar-refractivity contribution is 9.10. The fourth-order valence-corrected chi connectivity index (χ4v) is 3.79. The summed E-state index contributed by atoms with van der Waals surface area (Å²) in [6.07, 6.45) is 1.83. The summed E-state index contributed by atoms with van der Waals surface area (Å²) in [5.74, 6) is 0. The zero-order chi connectivity index (χ0) is 17.8. The molecule has 0 aliphatic carbocycles. The number of nitrogens with zero attached hydrogens (tertiary/aromatic N) is 2. The van der Waals surface area contributed by atoms with Crippen LogP contribution in [-0.4, -0.2) is 4.92 Å². The molecular weight excluding hydrogens is 482 g/mol. The standard InChI is InChI=1S/C18H14BrN3O2S.BrH/c1-2-10-21-17(13-6-8-16(9-7-13)22(23)24)12-25-18(21)20-15-5-3-4-14(19)11-15;/h2-9,11-12H,1,10H2;1H. The van der Waals surface area contributed by atoms with Crippen molar-refractivity contribution in [3.05, 3.63) is 81.2 Å². The van der Waals surface area contributed by atoms with Gasteiger partial charge in [0.15, 0.2) is 0 Å². The predicted octanol–water partition coefficient (Wildman–Crippen LogP) is 2.31. The molecule has 3 aromatic rings. The molecule has 0 spiro atoms. The van der Waals surface area contributed by atoms with Gasteiger partial charge in [-0.2, -0.15) is 0 Å². The van der Waals surface area contributed by atoms with Crippen LogP contribution >= 0.6 is 27.3 Å². The number of benzene rings is 2. The van der Waals surface area contributed by atoms with E-state index < -0.39 is 4.92 Å². The molecule has 134 valence electrons. The SMILES string of the molecule is C=CC[n+]1c(-c2ccc([N+](=O)[O-])cc2)csc1Nc1cccc(Br)c1.[Br-]. The normalized spacial score (nSPS) is 10.0. The number of allylic oxidation sites excluding steroid dienone is 1. The summed E-state index contributed by atoms with van der Waals surface area (Å²) in [6.45, 7) is 4.46. The third kappa shape index (κ3) is 4.57. The number of thiazole rings is 1. The smallest absolute Gasteiger partial charge is 0.339 e. The molecule has 0 unspecified atom stereocenters. The van der Waals surface area contributed by atoms with E-state index in [9.17, 15) is 10.1 Å². The van der Waals surface area contributed by atoms with Crippen LogP contribution in [0.1, 0.15) is 0 Å². The first-order chi connectivity index (χ1) is 12.1. The molecule has 2 aromatic carbocycles. The van der Waals surface area contributed by atoms with Crippen molar-refractivity contribution in [1.82, 2.24) is 0 Å².